The van der Waals surface area contributed by atoms with Crippen LogP contribution in [0.2, 0.25) is 0 Å². The molecule has 0 saturated heterocycles. The van der Waals surface area contributed by atoms with E-state index in [4.69, 9.17) is 9.52 Å². The van der Waals surface area contributed by atoms with Crippen LogP contribution in [-0.4, -0.2) is 18.2 Å². The second-order valence-electron chi connectivity index (χ2n) is 1.97. The molecule has 1 rings (SSSR count). The van der Waals surface area contributed by atoms with Gasteiger partial charge in [0.1, 0.15) is 5.76 Å². The Hall–Kier alpha value is -1.29. The van der Waals surface area contributed by atoms with Crippen molar-refractivity contribution >= 4 is 5.97 Å². The van der Waals surface area contributed by atoms with E-state index in [2.05, 4.69) is 4.74 Å². The van der Waals surface area contributed by atoms with Gasteiger partial charge in [-0.1, -0.05) is 0 Å². The van der Waals surface area contributed by atoms with Crippen molar-refractivity contribution in [2.45, 2.75) is 6.10 Å². The number of furan rings is 1. The Labute approximate surface area is 63.4 Å². The van der Waals surface area contributed by atoms with Crippen LogP contribution in [-0.2, 0) is 9.53 Å². The monoisotopic (exact) mass is 156 g/mol. The first kappa shape index (κ1) is 7.81. The van der Waals surface area contributed by atoms with Crippen LogP contribution in [0.4, 0.5) is 0 Å². The molecule has 0 aliphatic heterocycles. The second-order valence-corrected chi connectivity index (χ2v) is 1.97. The summed E-state index contributed by atoms with van der Waals surface area (Å²) in [6.45, 7) is 0. The van der Waals surface area contributed by atoms with Crippen molar-refractivity contribution in [1.29, 1.82) is 0 Å². The van der Waals surface area contributed by atoms with Crippen molar-refractivity contribution in [3.8, 4) is 0 Å². The Morgan fingerprint density at radius 2 is 2.55 bits per heavy atom. The van der Waals surface area contributed by atoms with E-state index in [1.807, 2.05) is 0 Å². The number of rotatable bonds is 3. The SMILES string of the molecule is CO[C@H](C(=O)O)c1ccco1. The third-order valence-electron chi connectivity index (χ3n) is 1.26. The third kappa shape index (κ3) is 1.59. The molecule has 0 fully saturated rings. The molecular weight excluding hydrogens is 148 g/mol. The van der Waals surface area contributed by atoms with E-state index in [1.165, 1.54) is 13.4 Å². The zero-order chi connectivity index (χ0) is 8.27. The number of carboxylic acids is 1. The van der Waals surface area contributed by atoms with E-state index in [-0.39, 0.29) is 0 Å². The van der Waals surface area contributed by atoms with Gasteiger partial charge in [-0.15, -0.1) is 0 Å². The predicted octanol–water partition coefficient (Wildman–Crippen LogP) is 1.05. The highest BCUT2D eigenvalue weighted by molar-refractivity contribution is 5.73. The van der Waals surface area contributed by atoms with E-state index in [0.717, 1.165) is 0 Å². The summed E-state index contributed by atoms with van der Waals surface area (Å²) >= 11 is 0. The molecule has 0 unspecified atom stereocenters. The minimum atomic E-state index is -1.05. The Balaban J connectivity index is 2.79. The molecule has 1 atom stereocenters. The van der Waals surface area contributed by atoms with Crippen LogP contribution >= 0.6 is 0 Å². The number of aliphatic carboxylic acids is 1. The van der Waals surface area contributed by atoms with Gasteiger partial charge in [-0.3, -0.25) is 0 Å². The van der Waals surface area contributed by atoms with Gasteiger partial charge in [0.15, 0.2) is 0 Å². The zero-order valence-corrected chi connectivity index (χ0v) is 5.98. The summed E-state index contributed by atoms with van der Waals surface area (Å²) in [5.41, 5.74) is 0. The topological polar surface area (TPSA) is 59.7 Å². The molecule has 0 aromatic carbocycles. The lowest BCUT2D eigenvalue weighted by atomic mass is 10.3. The summed E-state index contributed by atoms with van der Waals surface area (Å²) in [5, 5.41) is 8.56. The average Bonchev–Trinajstić information content (AvgIpc) is 2.40. The highest BCUT2D eigenvalue weighted by Crippen LogP contribution is 2.16. The molecule has 0 amide bonds. The minimum absolute atomic E-state index is 0.306. The van der Waals surface area contributed by atoms with E-state index in [9.17, 15) is 4.79 Å². The second kappa shape index (κ2) is 3.21. The highest BCUT2D eigenvalue weighted by Gasteiger charge is 2.20. The van der Waals surface area contributed by atoms with Crippen LogP contribution < -0.4 is 0 Å². The number of methoxy groups -OCH3 is 1. The first-order chi connectivity index (χ1) is 5.25. The molecule has 0 radical (unpaired) electrons. The van der Waals surface area contributed by atoms with Gasteiger partial charge in [-0.05, 0) is 12.1 Å². The van der Waals surface area contributed by atoms with Crippen LogP contribution in [0.3, 0.4) is 0 Å². The molecule has 0 spiro atoms. The Morgan fingerprint density at radius 1 is 1.82 bits per heavy atom. The third-order valence-corrected chi connectivity index (χ3v) is 1.26. The van der Waals surface area contributed by atoms with Crippen molar-refractivity contribution in [2.24, 2.45) is 0 Å². The maximum absolute atomic E-state index is 10.4. The maximum atomic E-state index is 10.4. The fourth-order valence-corrected chi connectivity index (χ4v) is 0.779. The Bertz CT molecular complexity index is 227. The molecule has 11 heavy (non-hydrogen) atoms. The molecule has 1 aromatic rings. The summed E-state index contributed by atoms with van der Waals surface area (Å²) in [5.74, 6) is -0.748. The molecule has 4 nitrogen and oxygen atoms in total. The van der Waals surface area contributed by atoms with Gasteiger partial charge in [0.05, 0.1) is 6.26 Å². The fourth-order valence-electron chi connectivity index (χ4n) is 0.779. The fraction of sp³-hybridized carbons (Fsp3) is 0.286. The molecule has 1 aromatic heterocycles. The number of carboxylic acid groups (broad SMARTS) is 1. The largest absolute Gasteiger partial charge is 0.479 e. The standard InChI is InChI=1S/C7H8O4/c1-10-6(7(8)9)5-3-2-4-11-5/h2-4,6H,1H3,(H,8,9)/t6-/m0/s1. The van der Waals surface area contributed by atoms with Gasteiger partial charge in [0.25, 0.3) is 0 Å². The minimum Gasteiger partial charge on any atom is -0.479 e. The van der Waals surface area contributed by atoms with Gasteiger partial charge >= 0.3 is 5.97 Å². The van der Waals surface area contributed by atoms with Gasteiger partial charge in [0, 0.05) is 7.11 Å². The maximum Gasteiger partial charge on any atom is 0.340 e. The molecule has 0 aliphatic rings. The lowest BCUT2D eigenvalue weighted by Gasteiger charge is -2.05. The summed E-state index contributed by atoms with van der Waals surface area (Å²) in [4.78, 5) is 10.4. The average molecular weight is 156 g/mol. The predicted molar refractivity (Wildman–Crippen MR) is 36.1 cm³/mol. The van der Waals surface area contributed by atoms with Gasteiger partial charge in [-0.2, -0.15) is 0 Å². The van der Waals surface area contributed by atoms with E-state index in [0.29, 0.717) is 5.76 Å². The molecular formula is C7H8O4. The van der Waals surface area contributed by atoms with Crippen molar-refractivity contribution in [3.63, 3.8) is 0 Å². The molecule has 4 heteroatoms. The number of hydrogen-bond acceptors (Lipinski definition) is 3. The van der Waals surface area contributed by atoms with Crippen LogP contribution in [0.5, 0.6) is 0 Å². The first-order valence-electron chi connectivity index (χ1n) is 3.04. The van der Waals surface area contributed by atoms with E-state index >= 15 is 0 Å². The zero-order valence-electron chi connectivity index (χ0n) is 5.98. The highest BCUT2D eigenvalue weighted by atomic mass is 16.5. The summed E-state index contributed by atoms with van der Waals surface area (Å²) in [7, 11) is 1.32. The van der Waals surface area contributed by atoms with Crippen molar-refractivity contribution in [3.05, 3.63) is 24.2 Å². The normalized spacial score (nSPS) is 12.8. The van der Waals surface area contributed by atoms with Crippen LogP contribution in [0, 0.1) is 0 Å². The summed E-state index contributed by atoms with van der Waals surface area (Å²) in [6.07, 6.45) is 0.412. The van der Waals surface area contributed by atoms with Crippen molar-refractivity contribution in [1.82, 2.24) is 0 Å². The summed E-state index contributed by atoms with van der Waals surface area (Å²) < 4.78 is 9.50. The Morgan fingerprint density at radius 3 is 2.91 bits per heavy atom. The summed E-state index contributed by atoms with van der Waals surface area (Å²) in [6, 6.07) is 3.17. The lowest BCUT2D eigenvalue weighted by molar-refractivity contribution is -0.149. The molecule has 0 bridgehead atoms. The van der Waals surface area contributed by atoms with E-state index < -0.39 is 12.1 Å². The molecule has 0 saturated carbocycles. The van der Waals surface area contributed by atoms with Crippen molar-refractivity contribution < 1.29 is 19.1 Å². The first-order valence-corrected chi connectivity index (χ1v) is 3.04. The molecule has 60 valence electrons. The van der Waals surface area contributed by atoms with Crippen LogP contribution in [0.15, 0.2) is 22.8 Å². The number of carbonyl (C=O) groups is 1. The van der Waals surface area contributed by atoms with Gasteiger partial charge in [0.2, 0.25) is 6.10 Å². The van der Waals surface area contributed by atoms with E-state index in [1.54, 1.807) is 12.1 Å². The van der Waals surface area contributed by atoms with Crippen LogP contribution in [0.1, 0.15) is 11.9 Å². The van der Waals surface area contributed by atoms with Crippen LogP contribution in [0.25, 0.3) is 0 Å². The number of ether oxygens (including phenoxy) is 1. The van der Waals surface area contributed by atoms with Gasteiger partial charge in [-0.25, -0.2) is 4.79 Å². The molecule has 1 N–H and O–H groups in total. The number of hydrogen-bond donors (Lipinski definition) is 1. The molecule has 0 aliphatic carbocycles. The van der Waals surface area contributed by atoms with Crippen molar-refractivity contribution in [2.75, 3.05) is 7.11 Å². The Kier molecular flexibility index (Phi) is 2.28. The smallest absolute Gasteiger partial charge is 0.340 e. The van der Waals surface area contributed by atoms with Gasteiger partial charge < -0.3 is 14.3 Å². The lowest BCUT2D eigenvalue weighted by Crippen LogP contribution is -2.12. The molecule has 1 heterocycles. The quantitative estimate of drug-likeness (QED) is 0.710.